The third kappa shape index (κ3) is 5.43. The lowest BCUT2D eigenvalue weighted by molar-refractivity contribution is 0.619. The van der Waals surface area contributed by atoms with Gasteiger partial charge in [-0.25, -0.2) is 0 Å². The average Bonchev–Trinajstić information content (AvgIpc) is 3.80. The summed E-state index contributed by atoms with van der Waals surface area (Å²) in [5, 5.41) is 14.2. The van der Waals surface area contributed by atoms with Gasteiger partial charge in [-0.05, 0) is 94.0 Å². The third-order valence-corrected chi connectivity index (χ3v) is 11.1. The normalized spacial score (nSPS) is 11.6. The van der Waals surface area contributed by atoms with Gasteiger partial charge in [-0.15, -0.1) is 0 Å². The van der Waals surface area contributed by atoms with Gasteiger partial charge >= 0.3 is 0 Å². The highest BCUT2D eigenvalue weighted by atomic mass is 16.3. The highest BCUT2D eigenvalue weighted by Crippen LogP contribution is 2.40. The van der Waals surface area contributed by atoms with Crippen molar-refractivity contribution in [3.05, 3.63) is 198 Å². The van der Waals surface area contributed by atoms with Gasteiger partial charge in [0.25, 0.3) is 0 Å². The van der Waals surface area contributed by atoms with Gasteiger partial charge in [0.15, 0.2) is 5.43 Å². The van der Waals surface area contributed by atoms with E-state index >= 15 is 0 Å². The summed E-state index contributed by atoms with van der Waals surface area (Å²) >= 11 is 0. The van der Waals surface area contributed by atoms with Crippen LogP contribution in [-0.4, -0.2) is 4.57 Å². The zero-order valence-corrected chi connectivity index (χ0v) is 30.4. The summed E-state index contributed by atoms with van der Waals surface area (Å²) in [5.41, 5.74) is 13.2. The van der Waals surface area contributed by atoms with Gasteiger partial charge in [-0.3, -0.25) is 4.79 Å². The topological polar surface area (TPSA) is 72.1 Å². The molecule has 11 aromatic rings. The van der Waals surface area contributed by atoms with Crippen molar-refractivity contribution in [2.24, 2.45) is 0 Å². The Morgan fingerprint density at radius 3 is 1.68 bits per heavy atom. The molecular weight excluding hydrogens is 701 g/mol. The zero-order chi connectivity index (χ0) is 38.0. The van der Waals surface area contributed by atoms with Gasteiger partial charge in [0.05, 0.1) is 28.1 Å². The van der Waals surface area contributed by atoms with Gasteiger partial charge in [-0.2, -0.15) is 5.26 Å². The fraction of sp³-hybridized carbons (Fsp3) is 0. The molecular formula is C52H30N2O3. The zero-order valence-electron chi connectivity index (χ0n) is 30.4. The molecule has 0 amide bonds. The quantitative estimate of drug-likeness (QED) is 0.177. The molecule has 0 fully saturated rings. The number of furan rings is 1. The first-order chi connectivity index (χ1) is 28.1. The standard InChI is InChI=1S/C52H30N2O3/c53-31-32-10-12-33(13-11-32)34-18-20-37(21-19-34)51-30-48(55)45-27-39(23-25-50(45)56-51)36-16-14-35(15-17-36)38-22-24-46-42(26-38)43-28-44-41-8-4-5-9-49(41)57-52(44)29-47(43)54(46)40-6-2-1-3-7-40/h1-30H. The second-order valence-corrected chi connectivity index (χ2v) is 14.4. The summed E-state index contributed by atoms with van der Waals surface area (Å²) in [6.45, 7) is 0. The maximum atomic E-state index is 13.5. The van der Waals surface area contributed by atoms with Crippen molar-refractivity contribution in [1.82, 2.24) is 4.57 Å². The number of para-hydroxylation sites is 2. The van der Waals surface area contributed by atoms with Crippen molar-refractivity contribution in [1.29, 1.82) is 5.26 Å². The summed E-state index contributed by atoms with van der Waals surface area (Å²) in [5.74, 6) is 0.516. The molecule has 5 nitrogen and oxygen atoms in total. The Kier molecular flexibility index (Phi) is 7.32. The van der Waals surface area contributed by atoms with E-state index in [0.717, 1.165) is 77.6 Å². The molecule has 0 atom stereocenters. The van der Waals surface area contributed by atoms with E-state index in [-0.39, 0.29) is 5.43 Å². The Labute approximate surface area is 326 Å². The Hall–Kier alpha value is -7.94. The molecule has 3 aromatic heterocycles. The highest BCUT2D eigenvalue weighted by molar-refractivity contribution is 6.18. The number of rotatable bonds is 5. The van der Waals surface area contributed by atoms with Gasteiger partial charge in [0.1, 0.15) is 22.5 Å². The largest absolute Gasteiger partial charge is 0.456 e. The highest BCUT2D eigenvalue weighted by Gasteiger charge is 2.17. The minimum Gasteiger partial charge on any atom is -0.456 e. The molecule has 0 radical (unpaired) electrons. The lowest BCUT2D eigenvalue weighted by atomic mass is 9.98. The summed E-state index contributed by atoms with van der Waals surface area (Å²) in [7, 11) is 0. The predicted molar refractivity (Wildman–Crippen MR) is 231 cm³/mol. The van der Waals surface area contributed by atoms with Gasteiger partial charge in [0.2, 0.25) is 0 Å². The monoisotopic (exact) mass is 730 g/mol. The first kappa shape index (κ1) is 32.5. The molecule has 0 bridgehead atoms. The van der Waals surface area contributed by atoms with Crippen LogP contribution in [-0.2, 0) is 0 Å². The van der Waals surface area contributed by atoms with E-state index in [9.17, 15) is 4.79 Å². The van der Waals surface area contributed by atoms with Crippen molar-refractivity contribution < 1.29 is 8.83 Å². The van der Waals surface area contributed by atoms with Crippen LogP contribution in [0.15, 0.2) is 196 Å². The van der Waals surface area contributed by atoms with Crippen LogP contribution in [0.4, 0.5) is 0 Å². The first-order valence-electron chi connectivity index (χ1n) is 18.8. The average molecular weight is 731 g/mol. The molecule has 266 valence electrons. The molecule has 3 heterocycles. The van der Waals surface area contributed by atoms with Crippen LogP contribution in [0.3, 0.4) is 0 Å². The molecule has 0 N–H and O–H groups in total. The van der Waals surface area contributed by atoms with Gasteiger partial charge in [-0.1, -0.05) is 109 Å². The van der Waals surface area contributed by atoms with E-state index in [1.165, 1.54) is 10.8 Å². The van der Waals surface area contributed by atoms with Crippen molar-refractivity contribution >= 4 is 54.7 Å². The van der Waals surface area contributed by atoms with Crippen LogP contribution >= 0.6 is 0 Å². The van der Waals surface area contributed by atoms with Crippen LogP contribution in [0.1, 0.15) is 5.56 Å². The summed E-state index contributed by atoms with van der Waals surface area (Å²) in [6.07, 6.45) is 0. The number of nitrogens with zero attached hydrogens (tertiary/aromatic N) is 2. The van der Waals surface area contributed by atoms with Crippen LogP contribution in [0, 0.1) is 11.3 Å². The fourth-order valence-corrected chi connectivity index (χ4v) is 8.17. The van der Waals surface area contributed by atoms with E-state index < -0.39 is 0 Å². The van der Waals surface area contributed by atoms with Crippen molar-refractivity contribution in [3.63, 3.8) is 0 Å². The maximum Gasteiger partial charge on any atom is 0.193 e. The van der Waals surface area contributed by atoms with Crippen LogP contribution in [0.2, 0.25) is 0 Å². The smallest absolute Gasteiger partial charge is 0.193 e. The van der Waals surface area contributed by atoms with Crippen LogP contribution < -0.4 is 5.43 Å². The fourth-order valence-electron chi connectivity index (χ4n) is 8.17. The molecule has 8 aromatic carbocycles. The molecule has 0 aliphatic rings. The minimum absolute atomic E-state index is 0.0930. The molecule has 0 saturated heterocycles. The van der Waals surface area contributed by atoms with Crippen LogP contribution in [0.25, 0.3) is 105 Å². The number of benzene rings is 8. The molecule has 57 heavy (non-hydrogen) atoms. The Morgan fingerprint density at radius 2 is 0.965 bits per heavy atom. The minimum atomic E-state index is -0.0930. The van der Waals surface area contributed by atoms with E-state index in [0.29, 0.717) is 22.3 Å². The van der Waals surface area contributed by atoms with Crippen molar-refractivity contribution in [2.45, 2.75) is 0 Å². The van der Waals surface area contributed by atoms with E-state index in [1.54, 1.807) is 18.2 Å². The second kappa shape index (κ2) is 12.8. The second-order valence-electron chi connectivity index (χ2n) is 14.4. The molecule has 0 spiro atoms. The summed E-state index contributed by atoms with van der Waals surface area (Å²) in [4.78, 5) is 13.5. The summed E-state index contributed by atoms with van der Waals surface area (Å²) in [6, 6.07) is 63.2. The number of hydrogen-bond acceptors (Lipinski definition) is 4. The van der Waals surface area contributed by atoms with E-state index in [2.05, 4.69) is 102 Å². The number of nitriles is 1. The maximum absolute atomic E-state index is 13.5. The molecule has 0 aliphatic carbocycles. The van der Waals surface area contributed by atoms with Crippen molar-refractivity contribution in [3.8, 4) is 56.5 Å². The van der Waals surface area contributed by atoms with Crippen molar-refractivity contribution in [2.75, 3.05) is 0 Å². The first-order valence-corrected chi connectivity index (χ1v) is 18.8. The molecule has 0 saturated carbocycles. The Balaban J connectivity index is 0.928. The number of hydrogen-bond donors (Lipinski definition) is 0. The van der Waals surface area contributed by atoms with E-state index in [4.69, 9.17) is 14.1 Å². The van der Waals surface area contributed by atoms with Gasteiger partial charge < -0.3 is 13.4 Å². The molecule has 11 rings (SSSR count). The third-order valence-electron chi connectivity index (χ3n) is 11.1. The molecule has 5 heteroatoms. The van der Waals surface area contributed by atoms with E-state index in [1.807, 2.05) is 72.8 Å². The van der Waals surface area contributed by atoms with Gasteiger partial charge in [0, 0.05) is 44.9 Å². The molecule has 0 aliphatic heterocycles. The van der Waals surface area contributed by atoms with Crippen LogP contribution in [0.5, 0.6) is 0 Å². The summed E-state index contributed by atoms with van der Waals surface area (Å²) < 4.78 is 14.9. The Bertz CT molecular complexity index is 3460. The number of aromatic nitrogens is 1. The lowest BCUT2D eigenvalue weighted by Gasteiger charge is -2.09. The predicted octanol–water partition coefficient (Wildman–Crippen LogP) is 13.3. The molecule has 0 unspecified atom stereocenters. The number of fused-ring (bicyclic) bond motifs is 7. The lowest BCUT2D eigenvalue weighted by Crippen LogP contribution is -2.00. The SMILES string of the molecule is N#Cc1ccc(-c2ccc(-c3cc(=O)c4cc(-c5ccc(-c6ccc7c(c6)c6cc8c(cc6n7-c6ccccc6)oc6ccccc68)cc5)ccc4o3)cc2)cc1. The Morgan fingerprint density at radius 1 is 0.404 bits per heavy atom.